The molecule has 2 amide bonds. The highest BCUT2D eigenvalue weighted by Gasteiger charge is 2.08. The van der Waals surface area contributed by atoms with Crippen molar-refractivity contribution in [1.82, 2.24) is 0 Å². The summed E-state index contributed by atoms with van der Waals surface area (Å²) in [4.78, 5) is 12.1. The predicted molar refractivity (Wildman–Crippen MR) is 91.4 cm³/mol. The summed E-state index contributed by atoms with van der Waals surface area (Å²) in [5, 5.41) is 6.17. The van der Waals surface area contributed by atoms with Gasteiger partial charge in [-0.2, -0.15) is 0 Å². The zero-order valence-electron chi connectivity index (χ0n) is 10.7. The molecule has 4 N–H and O–H groups in total. The molecule has 0 saturated heterocycles. The second-order valence-electron chi connectivity index (χ2n) is 4.15. The fraction of sp³-hybridized carbons (Fsp3) is 0. The predicted octanol–water partition coefficient (Wildman–Crippen LogP) is 4.27. The van der Waals surface area contributed by atoms with Crippen molar-refractivity contribution in [3.63, 3.8) is 0 Å². The van der Waals surface area contributed by atoms with Crippen LogP contribution in [0.1, 0.15) is 5.56 Å². The summed E-state index contributed by atoms with van der Waals surface area (Å²) in [6, 6.07) is 11.3. The van der Waals surface area contributed by atoms with Crippen LogP contribution >= 0.6 is 35.4 Å². The number of carbonyl (C=O) groups is 1. The van der Waals surface area contributed by atoms with Crippen LogP contribution in [0.4, 0.5) is 16.2 Å². The maximum Gasteiger partial charge on any atom is 0.323 e. The molecule has 2 aromatic carbocycles. The van der Waals surface area contributed by atoms with Crippen molar-refractivity contribution in [2.45, 2.75) is 0 Å². The zero-order valence-corrected chi connectivity index (χ0v) is 13.0. The van der Waals surface area contributed by atoms with Crippen LogP contribution in [-0.4, -0.2) is 11.0 Å². The number of benzene rings is 2. The van der Waals surface area contributed by atoms with Gasteiger partial charge in [-0.25, -0.2) is 4.79 Å². The first kappa shape index (κ1) is 15.6. The van der Waals surface area contributed by atoms with Gasteiger partial charge in [-0.05, 0) is 36.4 Å². The van der Waals surface area contributed by atoms with Gasteiger partial charge >= 0.3 is 6.03 Å². The van der Waals surface area contributed by atoms with Crippen molar-refractivity contribution >= 4 is 57.8 Å². The van der Waals surface area contributed by atoms with E-state index in [-0.39, 0.29) is 4.99 Å². The van der Waals surface area contributed by atoms with Crippen LogP contribution in [0.2, 0.25) is 10.0 Å². The fourth-order valence-corrected chi connectivity index (χ4v) is 2.17. The quantitative estimate of drug-likeness (QED) is 0.731. The van der Waals surface area contributed by atoms with Gasteiger partial charge in [0.25, 0.3) is 0 Å². The summed E-state index contributed by atoms with van der Waals surface area (Å²) in [6.45, 7) is 0. The lowest BCUT2D eigenvalue weighted by Crippen LogP contribution is -2.19. The molecule has 0 saturated carbocycles. The van der Waals surface area contributed by atoms with Gasteiger partial charge in [0.15, 0.2) is 0 Å². The van der Waals surface area contributed by atoms with Crippen molar-refractivity contribution < 1.29 is 4.79 Å². The van der Waals surface area contributed by atoms with Crippen molar-refractivity contribution in [2.75, 3.05) is 10.6 Å². The van der Waals surface area contributed by atoms with Crippen molar-refractivity contribution in [1.29, 1.82) is 0 Å². The third-order valence-electron chi connectivity index (χ3n) is 2.58. The standard InChI is InChI=1S/C14H11Cl2N3OS/c15-9-2-1-3-10(7-9)18-14(20)19-12-5-4-8(13(17)21)6-11(12)16/h1-7H,(H2,17,21)(H2,18,19,20). The van der Waals surface area contributed by atoms with Gasteiger partial charge in [-0.3, -0.25) is 0 Å². The molecule has 0 fully saturated rings. The van der Waals surface area contributed by atoms with E-state index in [0.29, 0.717) is 27.0 Å². The summed E-state index contributed by atoms with van der Waals surface area (Å²) in [5.74, 6) is 0. The summed E-state index contributed by atoms with van der Waals surface area (Å²) < 4.78 is 0. The van der Waals surface area contributed by atoms with E-state index in [9.17, 15) is 4.79 Å². The highest BCUT2D eigenvalue weighted by atomic mass is 35.5. The van der Waals surface area contributed by atoms with Crippen LogP contribution in [-0.2, 0) is 0 Å². The van der Waals surface area contributed by atoms with Crippen LogP contribution in [0, 0.1) is 0 Å². The molecular formula is C14H11Cl2N3OS. The topological polar surface area (TPSA) is 67.1 Å². The van der Waals surface area contributed by atoms with Crippen LogP contribution < -0.4 is 16.4 Å². The van der Waals surface area contributed by atoms with E-state index in [0.717, 1.165) is 0 Å². The number of thiocarbonyl (C=S) groups is 1. The molecule has 7 heteroatoms. The lowest BCUT2D eigenvalue weighted by atomic mass is 10.2. The minimum atomic E-state index is -0.428. The molecule has 4 nitrogen and oxygen atoms in total. The second kappa shape index (κ2) is 6.76. The van der Waals surface area contributed by atoms with Gasteiger partial charge in [-0.15, -0.1) is 0 Å². The molecule has 2 aromatic rings. The van der Waals surface area contributed by atoms with Gasteiger partial charge in [0.2, 0.25) is 0 Å². The molecule has 0 unspecified atom stereocenters. The number of anilines is 2. The van der Waals surface area contributed by atoms with E-state index in [1.807, 2.05) is 0 Å². The average Bonchev–Trinajstić information content (AvgIpc) is 2.40. The number of nitrogens with two attached hydrogens (primary N) is 1. The molecule has 0 radical (unpaired) electrons. The third kappa shape index (κ3) is 4.32. The van der Waals surface area contributed by atoms with E-state index < -0.39 is 6.03 Å². The Hall–Kier alpha value is -1.82. The van der Waals surface area contributed by atoms with Crippen LogP contribution in [0.25, 0.3) is 0 Å². The smallest absolute Gasteiger partial charge is 0.323 e. The summed E-state index contributed by atoms with van der Waals surface area (Å²) >= 11 is 16.8. The van der Waals surface area contributed by atoms with Crippen LogP contribution in [0.5, 0.6) is 0 Å². The molecule has 0 bridgehead atoms. The number of hydrogen-bond acceptors (Lipinski definition) is 2. The first-order valence-electron chi connectivity index (χ1n) is 5.88. The van der Waals surface area contributed by atoms with Gasteiger partial charge in [0.1, 0.15) is 4.99 Å². The molecule has 0 aromatic heterocycles. The van der Waals surface area contributed by atoms with E-state index in [2.05, 4.69) is 10.6 Å². The summed E-state index contributed by atoms with van der Waals surface area (Å²) in [5.41, 5.74) is 7.18. The Morgan fingerprint density at radius 3 is 2.48 bits per heavy atom. The fourth-order valence-electron chi connectivity index (χ4n) is 1.62. The minimum Gasteiger partial charge on any atom is -0.389 e. The molecule has 0 spiro atoms. The van der Waals surface area contributed by atoms with E-state index in [1.54, 1.807) is 42.5 Å². The van der Waals surface area contributed by atoms with Crippen molar-refractivity contribution in [3.05, 3.63) is 58.1 Å². The van der Waals surface area contributed by atoms with E-state index in [4.69, 9.17) is 41.2 Å². The van der Waals surface area contributed by atoms with Gasteiger partial charge in [0, 0.05) is 16.3 Å². The van der Waals surface area contributed by atoms with Crippen molar-refractivity contribution in [2.24, 2.45) is 5.73 Å². The highest BCUT2D eigenvalue weighted by molar-refractivity contribution is 7.80. The zero-order chi connectivity index (χ0) is 15.4. The number of urea groups is 1. The Morgan fingerprint density at radius 1 is 1.10 bits per heavy atom. The van der Waals surface area contributed by atoms with E-state index in [1.165, 1.54) is 0 Å². The Bertz CT molecular complexity index is 706. The van der Waals surface area contributed by atoms with Gasteiger partial charge in [0.05, 0.1) is 10.7 Å². The highest BCUT2D eigenvalue weighted by Crippen LogP contribution is 2.23. The number of halogens is 2. The van der Waals surface area contributed by atoms with Gasteiger partial charge < -0.3 is 16.4 Å². The SMILES string of the molecule is NC(=S)c1ccc(NC(=O)Nc2cccc(Cl)c2)c(Cl)c1. The lowest BCUT2D eigenvalue weighted by molar-refractivity contribution is 0.262. The van der Waals surface area contributed by atoms with Crippen molar-refractivity contribution in [3.8, 4) is 0 Å². The Balaban J connectivity index is 2.08. The number of nitrogens with one attached hydrogen (secondary N) is 2. The number of carbonyl (C=O) groups excluding carboxylic acids is 1. The molecule has 108 valence electrons. The normalized spacial score (nSPS) is 10.0. The van der Waals surface area contributed by atoms with Gasteiger partial charge in [-0.1, -0.05) is 41.5 Å². The monoisotopic (exact) mass is 339 g/mol. The Kier molecular flexibility index (Phi) is 5.01. The number of rotatable bonds is 3. The van der Waals surface area contributed by atoms with Crippen LogP contribution in [0.3, 0.4) is 0 Å². The first-order valence-corrected chi connectivity index (χ1v) is 7.05. The Morgan fingerprint density at radius 2 is 1.86 bits per heavy atom. The largest absolute Gasteiger partial charge is 0.389 e. The molecular weight excluding hydrogens is 329 g/mol. The average molecular weight is 340 g/mol. The first-order chi connectivity index (χ1) is 9.95. The molecule has 0 aliphatic heterocycles. The lowest BCUT2D eigenvalue weighted by Gasteiger charge is -2.10. The molecule has 2 rings (SSSR count). The summed E-state index contributed by atoms with van der Waals surface area (Å²) in [6.07, 6.45) is 0. The number of hydrogen-bond donors (Lipinski definition) is 3. The molecule has 0 heterocycles. The minimum absolute atomic E-state index is 0.242. The molecule has 0 aliphatic rings. The summed E-state index contributed by atoms with van der Waals surface area (Å²) in [7, 11) is 0. The maximum absolute atomic E-state index is 11.9. The Labute approximate surface area is 137 Å². The third-order valence-corrected chi connectivity index (χ3v) is 3.37. The second-order valence-corrected chi connectivity index (χ2v) is 5.43. The number of amides is 2. The molecule has 21 heavy (non-hydrogen) atoms. The van der Waals surface area contributed by atoms with E-state index >= 15 is 0 Å². The molecule has 0 atom stereocenters. The van der Waals surface area contributed by atoms with Crippen LogP contribution in [0.15, 0.2) is 42.5 Å². The maximum atomic E-state index is 11.9. The molecule has 0 aliphatic carbocycles.